The van der Waals surface area contributed by atoms with Crippen LogP contribution in [0.15, 0.2) is 60.7 Å². The minimum Gasteiger partial charge on any atom is -0.467 e. The lowest BCUT2D eigenvalue weighted by atomic mass is 10.1. The number of hydrogen-bond acceptors (Lipinski definition) is 5. The van der Waals surface area contributed by atoms with Gasteiger partial charge in [-0.15, -0.1) is 0 Å². The molecular weight excluding hydrogens is 342 g/mol. The second-order valence-electron chi connectivity index (χ2n) is 5.94. The lowest BCUT2D eigenvalue weighted by Crippen LogP contribution is -2.43. The van der Waals surface area contributed by atoms with Gasteiger partial charge in [-0.25, -0.2) is 4.79 Å². The van der Waals surface area contributed by atoms with Crippen molar-refractivity contribution < 1.29 is 14.3 Å². The van der Waals surface area contributed by atoms with Crippen molar-refractivity contribution in [3.05, 3.63) is 77.5 Å². The van der Waals surface area contributed by atoms with E-state index in [1.54, 1.807) is 12.1 Å². The minimum absolute atomic E-state index is 0.208. The molecule has 0 saturated carbocycles. The Hall–Kier alpha value is -3.72. The molecule has 1 heterocycles. The van der Waals surface area contributed by atoms with E-state index in [0.29, 0.717) is 16.8 Å². The SMILES string of the molecule is COC(=O)[C@H](Cc1ccc2ccccc2n1)NC(=O)c1ccc(C#N)cc1. The molecule has 1 N–H and O–H groups in total. The van der Waals surface area contributed by atoms with Gasteiger partial charge in [-0.2, -0.15) is 5.26 Å². The van der Waals surface area contributed by atoms with Gasteiger partial charge in [0.25, 0.3) is 5.91 Å². The average Bonchev–Trinajstić information content (AvgIpc) is 2.72. The molecule has 0 aliphatic carbocycles. The molecule has 0 unspecified atom stereocenters. The van der Waals surface area contributed by atoms with Crippen LogP contribution in [0.25, 0.3) is 10.9 Å². The highest BCUT2D eigenvalue weighted by Crippen LogP contribution is 2.13. The number of methoxy groups -OCH3 is 1. The first-order valence-corrected chi connectivity index (χ1v) is 8.34. The predicted octanol–water partition coefficient (Wildman–Crippen LogP) is 2.62. The van der Waals surface area contributed by atoms with Crippen LogP contribution >= 0.6 is 0 Å². The number of aromatic nitrogens is 1. The van der Waals surface area contributed by atoms with Crippen molar-refractivity contribution >= 4 is 22.8 Å². The van der Waals surface area contributed by atoms with E-state index >= 15 is 0 Å². The molecule has 1 atom stereocenters. The third-order valence-corrected chi connectivity index (χ3v) is 4.14. The van der Waals surface area contributed by atoms with Gasteiger partial charge in [-0.1, -0.05) is 24.3 Å². The van der Waals surface area contributed by atoms with Gasteiger partial charge in [-0.3, -0.25) is 9.78 Å². The van der Waals surface area contributed by atoms with Gasteiger partial charge in [0.1, 0.15) is 6.04 Å². The van der Waals surface area contributed by atoms with Crippen LogP contribution < -0.4 is 5.32 Å². The van der Waals surface area contributed by atoms with Gasteiger partial charge >= 0.3 is 5.97 Å². The fraction of sp³-hybridized carbons (Fsp3) is 0.143. The summed E-state index contributed by atoms with van der Waals surface area (Å²) in [6.07, 6.45) is 0.208. The molecular formula is C21H17N3O3. The summed E-state index contributed by atoms with van der Waals surface area (Å²) in [5, 5.41) is 12.5. The lowest BCUT2D eigenvalue weighted by molar-refractivity contribution is -0.142. The molecule has 1 amide bonds. The molecule has 2 aromatic carbocycles. The Kier molecular flexibility index (Phi) is 5.43. The maximum absolute atomic E-state index is 12.5. The van der Waals surface area contributed by atoms with Crippen LogP contribution in [0.5, 0.6) is 0 Å². The highest BCUT2D eigenvalue weighted by molar-refractivity contribution is 5.97. The molecule has 27 heavy (non-hydrogen) atoms. The molecule has 0 fully saturated rings. The minimum atomic E-state index is -0.869. The van der Waals surface area contributed by atoms with Crippen molar-refractivity contribution in [2.24, 2.45) is 0 Å². The van der Waals surface area contributed by atoms with Crippen molar-refractivity contribution in [1.82, 2.24) is 10.3 Å². The number of nitrogens with one attached hydrogen (secondary N) is 1. The Morgan fingerprint density at radius 1 is 1.11 bits per heavy atom. The summed E-state index contributed by atoms with van der Waals surface area (Å²) in [5.74, 6) is -0.970. The summed E-state index contributed by atoms with van der Waals surface area (Å²) in [6, 6.07) is 18.7. The fourth-order valence-electron chi connectivity index (χ4n) is 2.70. The third kappa shape index (κ3) is 4.28. The van der Waals surface area contributed by atoms with Crippen molar-refractivity contribution in [3.8, 4) is 6.07 Å². The van der Waals surface area contributed by atoms with E-state index in [1.807, 2.05) is 42.5 Å². The number of nitrogens with zero attached hydrogens (tertiary/aromatic N) is 2. The molecule has 3 rings (SSSR count). The smallest absolute Gasteiger partial charge is 0.328 e. The Labute approximate surface area is 156 Å². The summed E-state index contributed by atoms with van der Waals surface area (Å²) < 4.78 is 4.82. The summed E-state index contributed by atoms with van der Waals surface area (Å²) in [6.45, 7) is 0. The van der Waals surface area contributed by atoms with E-state index in [4.69, 9.17) is 10.00 Å². The number of amides is 1. The molecule has 0 aliphatic heterocycles. The average molecular weight is 359 g/mol. The molecule has 1 aromatic heterocycles. The molecule has 0 aliphatic rings. The van der Waals surface area contributed by atoms with Crippen molar-refractivity contribution in [2.45, 2.75) is 12.5 Å². The molecule has 134 valence electrons. The van der Waals surface area contributed by atoms with Crippen LogP contribution in [0, 0.1) is 11.3 Å². The largest absolute Gasteiger partial charge is 0.467 e. The topological polar surface area (TPSA) is 92.1 Å². The normalized spacial score (nSPS) is 11.4. The molecule has 0 saturated heterocycles. The maximum Gasteiger partial charge on any atom is 0.328 e. The van der Waals surface area contributed by atoms with Gasteiger partial charge in [-0.05, 0) is 36.4 Å². The number of pyridine rings is 1. The van der Waals surface area contributed by atoms with Crippen LogP contribution in [0.1, 0.15) is 21.6 Å². The number of esters is 1. The molecule has 0 bridgehead atoms. The van der Waals surface area contributed by atoms with E-state index in [0.717, 1.165) is 10.9 Å². The molecule has 6 heteroatoms. The highest BCUT2D eigenvalue weighted by atomic mass is 16.5. The van der Waals surface area contributed by atoms with Crippen LogP contribution in [0.2, 0.25) is 0 Å². The van der Waals surface area contributed by atoms with Crippen LogP contribution in [-0.2, 0) is 16.0 Å². The first kappa shape index (κ1) is 18.1. The van der Waals surface area contributed by atoms with Crippen molar-refractivity contribution in [3.63, 3.8) is 0 Å². The number of fused-ring (bicyclic) bond motifs is 1. The first-order chi connectivity index (χ1) is 13.1. The second-order valence-corrected chi connectivity index (χ2v) is 5.94. The van der Waals surface area contributed by atoms with Gasteiger partial charge in [0.2, 0.25) is 0 Å². The molecule has 0 spiro atoms. The fourth-order valence-corrected chi connectivity index (χ4v) is 2.70. The molecule has 3 aromatic rings. The van der Waals surface area contributed by atoms with E-state index < -0.39 is 17.9 Å². The zero-order valence-corrected chi connectivity index (χ0v) is 14.7. The number of carbonyl (C=O) groups is 2. The highest BCUT2D eigenvalue weighted by Gasteiger charge is 2.23. The lowest BCUT2D eigenvalue weighted by Gasteiger charge is -2.16. The first-order valence-electron chi connectivity index (χ1n) is 8.34. The van der Waals surface area contributed by atoms with E-state index in [2.05, 4.69) is 10.3 Å². The zero-order valence-electron chi connectivity index (χ0n) is 14.7. The number of carbonyl (C=O) groups excluding carboxylic acids is 2. The number of rotatable bonds is 5. The standard InChI is InChI=1S/C21H17N3O3/c1-27-21(26)19(24-20(25)16-8-6-14(13-22)7-9-16)12-17-11-10-15-4-2-3-5-18(15)23-17/h2-11,19H,12H2,1H3,(H,24,25)/t19-/m0/s1. The van der Waals surface area contributed by atoms with Crippen LogP contribution in [0.4, 0.5) is 0 Å². The Morgan fingerprint density at radius 2 is 1.85 bits per heavy atom. The van der Waals surface area contributed by atoms with Crippen molar-refractivity contribution in [2.75, 3.05) is 7.11 Å². The summed E-state index contributed by atoms with van der Waals surface area (Å²) in [4.78, 5) is 29.1. The zero-order chi connectivity index (χ0) is 19.2. The summed E-state index contributed by atoms with van der Waals surface area (Å²) >= 11 is 0. The Bertz CT molecular complexity index is 1020. The predicted molar refractivity (Wildman–Crippen MR) is 99.9 cm³/mol. The van der Waals surface area contributed by atoms with Crippen LogP contribution in [0.3, 0.4) is 0 Å². The summed E-state index contributed by atoms with van der Waals surface area (Å²) in [5.41, 5.74) is 2.30. The Morgan fingerprint density at radius 3 is 2.56 bits per heavy atom. The quantitative estimate of drug-likeness (QED) is 0.707. The van der Waals surface area contributed by atoms with E-state index in [9.17, 15) is 9.59 Å². The van der Waals surface area contributed by atoms with Crippen molar-refractivity contribution in [1.29, 1.82) is 5.26 Å². The van der Waals surface area contributed by atoms with Crippen LogP contribution in [-0.4, -0.2) is 30.0 Å². The monoisotopic (exact) mass is 359 g/mol. The number of hydrogen-bond donors (Lipinski definition) is 1. The maximum atomic E-state index is 12.5. The molecule has 0 radical (unpaired) electrons. The van der Waals surface area contributed by atoms with E-state index in [-0.39, 0.29) is 6.42 Å². The third-order valence-electron chi connectivity index (χ3n) is 4.14. The Balaban J connectivity index is 1.79. The van der Waals surface area contributed by atoms with E-state index in [1.165, 1.54) is 19.2 Å². The van der Waals surface area contributed by atoms with Gasteiger partial charge in [0.15, 0.2) is 0 Å². The van der Waals surface area contributed by atoms with Gasteiger partial charge in [0, 0.05) is 23.1 Å². The number of nitriles is 1. The number of benzene rings is 2. The number of ether oxygens (including phenoxy) is 1. The molecule has 6 nitrogen and oxygen atoms in total. The summed E-state index contributed by atoms with van der Waals surface area (Å²) in [7, 11) is 1.27. The number of para-hydroxylation sites is 1. The van der Waals surface area contributed by atoms with Gasteiger partial charge in [0.05, 0.1) is 24.3 Å². The second kappa shape index (κ2) is 8.11. The van der Waals surface area contributed by atoms with Gasteiger partial charge < -0.3 is 10.1 Å².